The van der Waals surface area contributed by atoms with Crippen LogP contribution < -0.4 is 5.32 Å². The highest BCUT2D eigenvalue weighted by molar-refractivity contribution is 5.73. The maximum Gasteiger partial charge on any atom is 0.317 e. The Bertz CT molecular complexity index is 667. The molecular formula is C15H18FN5O. The summed E-state index contributed by atoms with van der Waals surface area (Å²) >= 11 is 0. The van der Waals surface area contributed by atoms with Crippen LogP contribution in [0.1, 0.15) is 23.6 Å². The maximum absolute atomic E-state index is 12.9. The Morgan fingerprint density at radius 3 is 2.91 bits per heavy atom. The standard InChI is InChI=1S/C15H18FN5O/c1-20(10-11-4-6-12(16)7-5-11)15(22)17-9-14-19-18-13-3-2-8-21(13)14/h4-7H,2-3,8-10H2,1H3,(H,17,22). The first-order valence-corrected chi connectivity index (χ1v) is 7.28. The monoisotopic (exact) mass is 303 g/mol. The van der Waals surface area contributed by atoms with Crippen LogP contribution in [-0.4, -0.2) is 32.7 Å². The van der Waals surface area contributed by atoms with Gasteiger partial charge in [-0.2, -0.15) is 0 Å². The van der Waals surface area contributed by atoms with Crippen LogP contribution in [-0.2, 0) is 26.1 Å². The molecule has 0 spiro atoms. The molecule has 0 fully saturated rings. The van der Waals surface area contributed by atoms with Crippen LogP contribution in [0.4, 0.5) is 9.18 Å². The van der Waals surface area contributed by atoms with Crippen molar-refractivity contribution >= 4 is 6.03 Å². The fourth-order valence-electron chi connectivity index (χ4n) is 2.57. The van der Waals surface area contributed by atoms with Crippen LogP contribution in [0.3, 0.4) is 0 Å². The Morgan fingerprint density at radius 1 is 1.36 bits per heavy atom. The first kappa shape index (κ1) is 14.5. The number of aryl methyl sites for hydroxylation is 1. The molecule has 0 radical (unpaired) electrons. The van der Waals surface area contributed by atoms with Crippen molar-refractivity contribution in [3.63, 3.8) is 0 Å². The molecule has 0 atom stereocenters. The van der Waals surface area contributed by atoms with Gasteiger partial charge >= 0.3 is 6.03 Å². The Morgan fingerprint density at radius 2 is 2.14 bits per heavy atom. The first-order valence-electron chi connectivity index (χ1n) is 7.28. The number of nitrogens with one attached hydrogen (secondary N) is 1. The molecule has 1 aromatic carbocycles. The van der Waals surface area contributed by atoms with E-state index in [2.05, 4.69) is 20.1 Å². The van der Waals surface area contributed by atoms with E-state index in [1.807, 2.05) is 0 Å². The summed E-state index contributed by atoms with van der Waals surface area (Å²) in [6, 6.07) is 5.93. The van der Waals surface area contributed by atoms with Crippen LogP contribution >= 0.6 is 0 Å². The molecule has 3 rings (SSSR count). The zero-order chi connectivity index (χ0) is 15.5. The van der Waals surface area contributed by atoms with Crippen molar-refractivity contribution in [2.45, 2.75) is 32.5 Å². The van der Waals surface area contributed by atoms with Crippen LogP contribution in [0.2, 0.25) is 0 Å². The van der Waals surface area contributed by atoms with Gasteiger partial charge in [-0.15, -0.1) is 10.2 Å². The number of amides is 2. The Labute approximate surface area is 128 Å². The first-order chi connectivity index (χ1) is 10.6. The zero-order valence-electron chi connectivity index (χ0n) is 12.4. The highest BCUT2D eigenvalue weighted by atomic mass is 19.1. The van der Waals surface area contributed by atoms with Crippen LogP contribution in [0.15, 0.2) is 24.3 Å². The summed E-state index contributed by atoms with van der Waals surface area (Å²) in [6.45, 7) is 1.70. The molecule has 0 saturated heterocycles. The van der Waals surface area contributed by atoms with Crippen molar-refractivity contribution in [2.24, 2.45) is 0 Å². The van der Waals surface area contributed by atoms with E-state index in [9.17, 15) is 9.18 Å². The smallest absolute Gasteiger partial charge is 0.317 e. The number of aromatic nitrogens is 3. The number of hydrogen-bond donors (Lipinski definition) is 1. The van der Waals surface area contributed by atoms with Gasteiger partial charge in [-0.3, -0.25) is 0 Å². The molecule has 1 aliphatic heterocycles. The molecule has 6 nitrogen and oxygen atoms in total. The molecule has 2 amide bonds. The van der Waals surface area contributed by atoms with Gasteiger partial charge in [0.15, 0.2) is 5.82 Å². The predicted octanol–water partition coefficient (Wildman–Crippen LogP) is 1.71. The minimum absolute atomic E-state index is 0.195. The lowest BCUT2D eigenvalue weighted by molar-refractivity contribution is 0.206. The average Bonchev–Trinajstić information content (AvgIpc) is 3.11. The number of carbonyl (C=O) groups excluding carboxylic acids is 1. The molecule has 22 heavy (non-hydrogen) atoms. The lowest BCUT2D eigenvalue weighted by Gasteiger charge is -2.18. The van der Waals surface area contributed by atoms with Crippen molar-refractivity contribution in [3.8, 4) is 0 Å². The zero-order valence-corrected chi connectivity index (χ0v) is 12.4. The maximum atomic E-state index is 12.9. The number of fused-ring (bicyclic) bond motifs is 1. The number of rotatable bonds is 4. The van der Waals surface area contributed by atoms with Crippen LogP contribution in [0.25, 0.3) is 0 Å². The van der Waals surface area contributed by atoms with Gasteiger partial charge in [0.25, 0.3) is 0 Å². The minimum Gasteiger partial charge on any atom is -0.331 e. The topological polar surface area (TPSA) is 63.1 Å². The normalized spacial score (nSPS) is 13.0. The summed E-state index contributed by atoms with van der Waals surface area (Å²) in [5.74, 6) is 1.50. The lowest BCUT2D eigenvalue weighted by atomic mass is 10.2. The van der Waals surface area contributed by atoms with Gasteiger partial charge in [0.2, 0.25) is 0 Å². The Balaban J connectivity index is 1.53. The van der Waals surface area contributed by atoms with Gasteiger partial charge in [0.05, 0.1) is 6.54 Å². The highest BCUT2D eigenvalue weighted by Gasteiger charge is 2.18. The third kappa shape index (κ3) is 3.08. The molecule has 1 aromatic heterocycles. The predicted molar refractivity (Wildman–Crippen MR) is 78.4 cm³/mol. The Kier molecular flexibility index (Phi) is 4.04. The van der Waals surface area contributed by atoms with Crippen molar-refractivity contribution in [2.75, 3.05) is 7.05 Å². The van der Waals surface area contributed by atoms with Crippen molar-refractivity contribution in [1.29, 1.82) is 0 Å². The summed E-state index contributed by atoms with van der Waals surface area (Å²) < 4.78 is 14.9. The van der Waals surface area contributed by atoms with Gasteiger partial charge in [0.1, 0.15) is 11.6 Å². The average molecular weight is 303 g/mol. The molecule has 2 aromatic rings. The van der Waals surface area contributed by atoms with Crippen molar-refractivity contribution < 1.29 is 9.18 Å². The molecule has 0 saturated carbocycles. The van der Waals surface area contributed by atoms with Crippen molar-refractivity contribution in [1.82, 2.24) is 25.0 Å². The number of carbonyl (C=O) groups is 1. The third-order valence-corrected chi connectivity index (χ3v) is 3.76. The lowest BCUT2D eigenvalue weighted by Crippen LogP contribution is -2.36. The summed E-state index contributed by atoms with van der Waals surface area (Å²) in [5, 5.41) is 11.0. The molecule has 7 heteroatoms. The third-order valence-electron chi connectivity index (χ3n) is 3.76. The highest BCUT2D eigenvalue weighted by Crippen LogP contribution is 2.13. The number of benzene rings is 1. The van der Waals surface area contributed by atoms with E-state index >= 15 is 0 Å². The van der Waals surface area contributed by atoms with Crippen LogP contribution in [0.5, 0.6) is 0 Å². The molecule has 1 N–H and O–H groups in total. The molecule has 0 aliphatic carbocycles. The number of hydrogen-bond acceptors (Lipinski definition) is 3. The van der Waals surface area contributed by atoms with Gasteiger partial charge in [-0.05, 0) is 24.1 Å². The fraction of sp³-hybridized carbons (Fsp3) is 0.400. The molecule has 0 unspecified atom stereocenters. The minimum atomic E-state index is -0.281. The molecule has 0 bridgehead atoms. The molecular weight excluding hydrogens is 285 g/mol. The van der Waals surface area contributed by atoms with E-state index in [-0.39, 0.29) is 11.8 Å². The van der Waals surface area contributed by atoms with Gasteiger partial charge in [-0.25, -0.2) is 9.18 Å². The van der Waals surface area contributed by atoms with Gasteiger partial charge < -0.3 is 14.8 Å². The van der Waals surface area contributed by atoms with E-state index < -0.39 is 0 Å². The molecule has 116 valence electrons. The van der Waals surface area contributed by atoms with E-state index in [4.69, 9.17) is 0 Å². The fourth-order valence-corrected chi connectivity index (χ4v) is 2.57. The second-order valence-corrected chi connectivity index (χ2v) is 5.43. The quantitative estimate of drug-likeness (QED) is 0.935. The van der Waals surface area contributed by atoms with E-state index in [0.29, 0.717) is 13.1 Å². The van der Waals surface area contributed by atoms with Crippen LogP contribution in [0, 0.1) is 5.82 Å². The summed E-state index contributed by atoms with van der Waals surface area (Å²) in [4.78, 5) is 13.6. The molecule has 2 heterocycles. The summed E-state index contributed by atoms with van der Waals surface area (Å²) in [6.07, 6.45) is 2.03. The van der Waals surface area contributed by atoms with Gasteiger partial charge in [0, 0.05) is 26.6 Å². The second kappa shape index (κ2) is 6.13. The SMILES string of the molecule is CN(Cc1ccc(F)cc1)C(=O)NCc1nnc2n1CCC2. The van der Waals surface area contributed by atoms with E-state index in [0.717, 1.165) is 36.6 Å². The number of urea groups is 1. The van der Waals surface area contributed by atoms with Gasteiger partial charge in [-0.1, -0.05) is 12.1 Å². The van der Waals surface area contributed by atoms with E-state index in [1.165, 1.54) is 12.1 Å². The Hall–Kier alpha value is -2.44. The van der Waals surface area contributed by atoms with Crippen molar-refractivity contribution in [3.05, 3.63) is 47.3 Å². The summed E-state index contributed by atoms with van der Waals surface area (Å²) in [5.41, 5.74) is 0.877. The molecule has 1 aliphatic rings. The number of halogens is 1. The summed E-state index contributed by atoms with van der Waals surface area (Å²) in [7, 11) is 1.70. The van der Waals surface area contributed by atoms with E-state index in [1.54, 1.807) is 24.1 Å². The largest absolute Gasteiger partial charge is 0.331 e. The second-order valence-electron chi connectivity index (χ2n) is 5.43. The number of nitrogens with zero attached hydrogens (tertiary/aromatic N) is 4.